The summed E-state index contributed by atoms with van der Waals surface area (Å²) in [6.45, 7) is 0.369. The summed E-state index contributed by atoms with van der Waals surface area (Å²) in [5.41, 5.74) is 2.49. The maximum absolute atomic E-state index is 12.6. The Labute approximate surface area is 166 Å². The Balaban J connectivity index is 1.40. The summed E-state index contributed by atoms with van der Waals surface area (Å²) >= 11 is 1.57. The minimum atomic E-state index is -0.381. The van der Waals surface area contributed by atoms with Crippen molar-refractivity contribution in [2.75, 3.05) is 23.9 Å². The Hall–Kier alpha value is -3.19. The maximum Gasteiger partial charge on any atom is 0.229 e. The van der Waals surface area contributed by atoms with Gasteiger partial charge in [-0.2, -0.15) is 0 Å². The Bertz CT molecular complexity index is 969. The van der Waals surface area contributed by atoms with Crippen LogP contribution >= 0.6 is 11.3 Å². The lowest BCUT2D eigenvalue weighted by atomic mass is 10.1. The van der Waals surface area contributed by atoms with Crippen molar-refractivity contribution < 1.29 is 14.3 Å². The molecule has 1 aliphatic heterocycles. The number of carbonyl (C=O) groups excluding carboxylic acids is 2. The number of benzene rings is 2. The largest absolute Gasteiger partial charge is 0.497 e. The van der Waals surface area contributed by atoms with E-state index in [2.05, 4.69) is 10.3 Å². The Morgan fingerprint density at radius 2 is 1.93 bits per heavy atom. The van der Waals surface area contributed by atoms with E-state index >= 15 is 0 Å². The van der Waals surface area contributed by atoms with Crippen molar-refractivity contribution in [3.63, 3.8) is 0 Å². The van der Waals surface area contributed by atoms with Gasteiger partial charge in [0.2, 0.25) is 11.8 Å². The Morgan fingerprint density at radius 3 is 2.57 bits per heavy atom. The molecule has 28 heavy (non-hydrogen) atoms. The van der Waals surface area contributed by atoms with Crippen LogP contribution in [-0.4, -0.2) is 30.5 Å². The van der Waals surface area contributed by atoms with Gasteiger partial charge < -0.3 is 15.0 Å². The van der Waals surface area contributed by atoms with Gasteiger partial charge in [0, 0.05) is 41.5 Å². The number of ether oxygens (including phenoxy) is 1. The molecule has 4 rings (SSSR count). The molecule has 3 aromatic rings. The van der Waals surface area contributed by atoms with Gasteiger partial charge in [0.05, 0.1) is 13.0 Å². The van der Waals surface area contributed by atoms with Crippen LogP contribution < -0.4 is 15.0 Å². The molecule has 2 aromatic carbocycles. The molecule has 0 bridgehead atoms. The molecule has 1 atom stereocenters. The third-order valence-corrected chi connectivity index (χ3v) is 5.53. The summed E-state index contributed by atoms with van der Waals surface area (Å²) in [6.07, 6.45) is 1.97. The van der Waals surface area contributed by atoms with E-state index < -0.39 is 0 Å². The first-order valence-corrected chi connectivity index (χ1v) is 9.77. The summed E-state index contributed by atoms with van der Waals surface area (Å²) in [7, 11) is 1.60. The van der Waals surface area contributed by atoms with Gasteiger partial charge in [-0.05, 0) is 48.5 Å². The second-order valence-corrected chi connectivity index (χ2v) is 7.40. The molecule has 0 radical (unpaired) electrons. The van der Waals surface area contributed by atoms with Crippen molar-refractivity contribution >= 4 is 34.5 Å². The highest BCUT2D eigenvalue weighted by molar-refractivity contribution is 7.13. The topological polar surface area (TPSA) is 71.5 Å². The number of anilines is 2. The van der Waals surface area contributed by atoms with Gasteiger partial charge in [-0.15, -0.1) is 11.3 Å². The smallest absolute Gasteiger partial charge is 0.229 e. The van der Waals surface area contributed by atoms with Gasteiger partial charge in [-0.1, -0.05) is 0 Å². The van der Waals surface area contributed by atoms with Crippen LogP contribution in [0.4, 0.5) is 11.4 Å². The lowest BCUT2D eigenvalue weighted by molar-refractivity contribution is -0.122. The molecule has 0 saturated carbocycles. The van der Waals surface area contributed by atoms with E-state index in [0.717, 1.165) is 22.0 Å². The fourth-order valence-corrected chi connectivity index (χ4v) is 3.85. The molecule has 1 aliphatic rings. The molecule has 2 amide bonds. The second kappa shape index (κ2) is 7.82. The number of rotatable bonds is 5. The summed E-state index contributed by atoms with van der Waals surface area (Å²) in [5.74, 6) is 0.148. The van der Waals surface area contributed by atoms with E-state index in [0.29, 0.717) is 12.2 Å². The average molecular weight is 393 g/mol. The number of amides is 2. The number of thiazole rings is 1. The number of nitrogens with zero attached hydrogens (tertiary/aromatic N) is 2. The van der Waals surface area contributed by atoms with E-state index in [4.69, 9.17) is 4.74 Å². The molecule has 7 heteroatoms. The molecule has 1 unspecified atom stereocenters. The van der Waals surface area contributed by atoms with Gasteiger partial charge >= 0.3 is 0 Å². The zero-order valence-electron chi connectivity index (χ0n) is 15.3. The van der Waals surface area contributed by atoms with Crippen LogP contribution in [0.1, 0.15) is 6.42 Å². The van der Waals surface area contributed by atoms with Crippen molar-refractivity contribution in [3.05, 3.63) is 60.1 Å². The second-order valence-electron chi connectivity index (χ2n) is 6.51. The summed E-state index contributed by atoms with van der Waals surface area (Å²) in [6, 6.07) is 14.8. The molecule has 0 aliphatic carbocycles. The molecule has 1 aromatic heterocycles. The Kier molecular flexibility index (Phi) is 5.08. The normalized spacial score (nSPS) is 16.2. The predicted octanol–water partition coefficient (Wildman–Crippen LogP) is 3.81. The van der Waals surface area contributed by atoms with Crippen LogP contribution in [0.2, 0.25) is 0 Å². The lowest BCUT2D eigenvalue weighted by Gasteiger charge is -2.17. The van der Waals surface area contributed by atoms with E-state index in [9.17, 15) is 9.59 Å². The zero-order valence-corrected chi connectivity index (χ0v) is 16.1. The fourth-order valence-electron chi connectivity index (χ4n) is 3.20. The maximum atomic E-state index is 12.6. The van der Waals surface area contributed by atoms with Gasteiger partial charge in [-0.25, -0.2) is 4.98 Å². The monoisotopic (exact) mass is 393 g/mol. The lowest BCUT2D eigenvalue weighted by Crippen LogP contribution is -2.28. The molecule has 0 spiro atoms. The number of aromatic nitrogens is 1. The number of methoxy groups -OCH3 is 1. The van der Waals surface area contributed by atoms with Crippen molar-refractivity contribution in [1.82, 2.24) is 4.98 Å². The third kappa shape index (κ3) is 3.75. The number of nitrogens with one attached hydrogen (secondary N) is 1. The van der Waals surface area contributed by atoms with Crippen molar-refractivity contribution in [1.29, 1.82) is 0 Å². The predicted molar refractivity (Wildman–Crippen MR) is 110 cm³/mol. The first kappa shape index (κ1) is 18.2. The van der Waals surface area contributed by atoms with Crippen LogP contribution in [0, 0.1) is 5.92 Å². The van der Waals surface area contributed by atoms with E-state index in [1.165, 1.54) is 0 Å². The molecule has 6 nitrogen and oxygen atoms in total. The molecular weight excluding hydrogens is 374 g/mol. The highest BCUT2D eigenvalue weighted by Crippen LogP contribution is 2.28. The summed E-state index contributed by atoms with van der Waals surface area (Å²) in [4.78, 5) is 30.9. The van der Waals surface area contributed by atoms with Gasteiger partial charge in [0.25, 0.3) is 0 Å². The zero-order chi connectivity index (χ0) is 19.5. The molecule has 2 heterocycles. The molecule has 1 fully saturated rings. The van der Waals surface area contributed by atoms with Crippen LogP contribution in [0.25, 0.3) is 10.6 Å². The van der Waals surface area contributed by atoms with Gasteiger partial charge in [0.1, 0.15) is 10.8 Å². The van der Waals surface area contributed by atoms with Crippen LogP contribution in [0.5, 0.6) is 5.75 Å². The summed E-state index contributed by atoms with van der Waals surface area (Å²) < 4.78 is 5.15. The fraction of sp³-hybridized carbons (Fsp3) is 0.190. The van der Waals surface area contributed by atoms with Crippen molar-refractivity contribution in [2.45, 2.75) is 6.42 Å². The summed E-state index contributed by atoms with van der Waals surface area (Å²) in [5, 5.41) is 5.78. The standard InChI is InChI=1S/C21H19N3O3S/c1-27-18-8-6-17(7-9-18)24-13-15(12-19(24)25)20(26)23-16-4-2-14(3-5-16)21-22-10-11-28-21/h2-11,15H,12-13H2,1H3,(H,23,26). The molecule has 1 saturated heterocycles. The first-order chi connectivity index (χ1) is 13.6. The highest BCUT2D eigenvalue weighted by Gasteiger charge is 2.35. The van der Waals surface area contributed by atoms with Crippen molar-refractivity contribution in [3.8, 4) is 16.3 Å². The first-order valence-electron chi connectivity index (χ1n) is 8.89. The SMILES string of the molecule is COc1ccc(N2CC(C(=O)Nc3ccc(-c4nccs4)cc3)CC2=O)cc1. The van der Waals surface area contributed by atoms with Crippen LogP contribution in [-0.2, 0) is 9.59 Å². The highest BCUT2D eigenvalue weighted by atomic mass is 32.1. The molecular formula is C21H19N3O3S. The van der Waals surface area contributed by atoms with Crippen LogP contribution in [0.3, 0.4) is 0 Å². The van der Waals surface area contributed by atoms with Gasteiger partial charge in [-0.3, -0.25) is 9.59 Å². The van der Waals surface area contributed by atoms with Crippen molar-refractivity contribution in [2.24, 2.45) is 5.92 Å². The number of hydrogen-bond acceptors (Lipinski definition) is 5. The quantitative estimate of drug-likeness (QED) is 0.716. The molecule has 1 N–H and O–H groups in total. The van der Waals surface area contributed by atoms with E-state index in [-0.39, 0.29) is 24.2 Å². The third-order valence-electron chi connectivity index (χ3n) is 4.71. The Morgan fingerprint density at radius 1 is 1.18 bits per heavy atom. The minimum Gasteiger partial charge on any atom is -0.497 e. The number of carbonyl (C=O) groups is 2. The average Bonchev–Trinajstić information content (AvgIpc) is 3.39. The molecule has 142 valence electrons. The van der Waals surface area contributed by atoms with Crippen LogP contribution in [0.15, 0.2) is 60.1 Å². The minimum absolute atomic E-state index is 0.0514. The van der Waals surface area contributed by atoms with E-state index in [1.54, 1.807) is 41.7 Å². The van der Waals surface area contributed by atoms with E-state index in [1.807, 2.05) is 41.8 Å². The number of hydrogen-bond donors (Lipinski definition) is 1. The van der Waals surface area contributed by atoms with Gasteiger partial charge in [0.15, 0.2) is 0 Å².